The van der Waals surface area contributed by atoms with Gasteiger partial charge in [-0.3, -0.25) is 14.9 Å². The van der Waals surface area contributed by atoms with Gasteiger partial charge in [0.2, 0.25) is 5.70 Å². The van der Waals surface area contributed by atoms with Crippen molar-refractivity contribution in [2.45, 2.75) is 84.0 Å². The number of nitro groups is 1. The molecular formula is C22H34NO3. The molecule has 0 amide bonds. The molecule has 0 aliphatic heterocycles. The lowest BCUT2D eigenvalue weighted by atomic mass is 10.1. The van der Waals surface area contributed by atoms with E-state index < -0.39 is 0 Å². The van der Waals surface area contributed by atoms with Crippen LogP contribution in [0.15, 0.2) is 48.2 Å². The summed E-state index contributed by atoms with van der Waals surface area (Å²) in [5.74, 6) is 0. The Balaban J connectivity index is 3.96. The highest BCUT2D eigenvalue weighted by Gasteiger charge is 2.06. The van der Waals surface area contributed by atoms with Gasteiger partial charge in [0.15, 0.2) is 6.29 Å². The van der Waals surface area contributed by atoms with Crippen LogP contribution in [0.2, 0.25) is 0 Å². The van der Waals surface area contributed by atoms with Crippen molar-refractivity contribution in [2.24, 2.45) is 0 Å². The van der Waals surface area contributed by atoms with Crippen molar-refractivity contribution in [2.75, 3.05) is 0 Å². The second-order valence-electron chi connectivity index (χ2n) is 6.28. The van der Waals surface area contributed by atoms with E-state index in [-0.39, 0.29) is 10.6 Å². The van der Waals surface area contributed by atoms with Crippen molar-refractivity contribution in [3.8, 4) is 0 Å². The van der Waals surface area contributed by atoms with Crippen LogP contribution in [0.3, 0.4) is 0 Å². The maximum atomic E-state index is 11.1. The highest BCUT2D eigenvalue weighted by atomic mass is 16.6. The van der Waals surface area contributed by atoms with Crippen LogP contribution in [0.1, 0.15) is 84.0 Å². The van der Waals surface area contributed by atoms with Gasteiger partial charge in [-0.05, 0) is 51.0 Å². The topological polar surface area (TPSA) is 60.2 Å². The first-order valence-corrected chi connectivity index (χ1v) is 9.85. The molecule has 0 N–H and O–H groups in total. The molecule has 0 fully saturated rings. The third kappa shape index (κ3) is 16.9. The second-order valence-corrected chi connectivity index (χ2v) is 6.28. The van der Waals surface area contributed by atoms with Crippen LogP contribution < -0.4 is 0 Å². The van der Waals surface area contributed by atoms with Gasteiger partial charge < -0.3 is 0 Å². The SMILES string of the molecule is CCCCC/C=C\C/C=C\C/C(=C\C/C=C\CCCCC[C]=O)[N+](=O)[O-]. The normalized spacial score (nSPS) is 12.6. The summed E-state index contributed by atoms with van der Waals surface area (Å²) in [6.45, 7) is 2.19. The summed E-state index contributed by atoms with van der Waals surface area (Å²) >= 11 is 0. The van der Waals surface area contributed by atoms with E-state index in [1.54, 1.807) is 6.08 Å². The molecule has 0 rings (SSSR count). The lowest BCUT2D eigenvalue weighted by molar-refractivity contribution is -0.427. The lowest BCUT2D eigenvalue weighted by Gasteiger charge is -1.95. The summed E-state index contributed by atoms with van der Waals surface area (Å²) < 4.78 is 0. The minimum absolute atomic E-state index is 0.249. The number of carbonyl (C=O) groups excluding carboxylic acids is 1. The van der Waals surface area contributed by atoms with Gasteiger partial charge in [-0.15, -0.1) is 0 Å². The minimum Gasteiger partial charge on any atom is -0.291 e. The number of nitrogens with zero attached hydrogens (tertiary/aromatic N) is 1. The van der Waals surface area contributed by atoms with Gasteiger partial charge >= 0.3 is 0 Å². The average molecular weight is 361 g/mol. The zero-order chi connectivity index (χ0) is 19.3. The van der Waals surface area contributed by atoms with Gasteiger partial charge in [-0.1, -0.05) is 62.6 Å². The summed E-state index contributed by atoms with van der Waals surface area (Å²) in [5, 5.41) is 11.1. The summed E-state index contributed by atoms with van der Waals surface area (Å²) in [5.41, 5.74) is 0.249. The molecule has 145 valence electrons. The number of hydrogen-bond donors (Lipinski definition) is 0. The average Bonchev–Trinajstić information content (AvgIpc) is 2.63. The summed E-state index contributed by atoms with van der Waals surface area (Å²) in [7, 11) is 0. The molecule has 0 aromatic rings. The first kappa shape index (κ1) is 24.0. The lowest BCUT2D eigenvalue weighted by Crippen LogP contribution is -1.97. The smallest absolute Gasteiger partial charge is 0.246 e. The molecule has 26 heavy (non-hydrogen) atoms. The van der Waals surface area contributed by atoms with Crippen molar-refractivity contribution in [3.05, 3.63) is 58.3 Å². The van der Waals surface area contributed by atoms with Crippen molar-refractivity contribution in [1.29, 1.82) is 0 Å². The maximum Gasteiger partial charge on any atom is 0.246 e. The molecule has 4 heteroatoms. The van der Waals surface area contributed by atoms with E-state index in [0.717, 1.165) is 38.5 Å². The molecule has 0 heterocycles. The maximum absolute atomic E-state index is 11.1. The van der Waals surface area contributed by atoms with Crippen LogP contribution in [0.4, 0.5) is 0 Å². The molecule has 0 saturated carbocycles. The Bertz CT molecular complexity index is 476. The van der Waals surface area contributed by atoms with Crippen molar-refractivity contribution < 1.29 is 9.72 Å². The molecule has 0 spiro atoms. The fraction of sp³-hybridized carbons (Fsp3) is 0.591. The number of unbranched alkanes of at least 4 members (excludes halogenated alkanes) is 7. The van der Waals surface area contributed by atoms with E-state index in [1.165, 1.54) is 19.3 Å². The largest absolute Gasteiger partial charge is 0.291 e. The van der Waals surface area contributed by atoms with Crippen molar-refractivity contribution >= 4 is 6.29 Å². The van der Waals surface area contributed by atoms with Crippen LogP contribution in [0.25, 0.3) is 0 Å². The van der Waals surface area contributed by atoms with Gasteiger partial charge in [0, 0.05) is 6.42 Å². The van der Waals surface area contributed by atoms with E-state index in [9.17, 15) is 14.9 Å². The molecule has 0 unspecified atom stereocenters. The standard InChI is InChI=1S/C22H34NO3/c1-2-3-4-5-6-7-10-13-16-19-22(23(25)26)20-17-14-11-8-9-12-15-18-21-24/h6-7,11,13-14,16,20H,2-5,8-10,12,15,17-19H2,1H3/b7-6-,14-11-,16-13-,22-20+. The van der Waals surface area contributed by atoms with Gasteiger partial charge in [-0.2, -0.15) is 0 Å². The fourth-order valence-electron chi connectivity index (χ4n) is 2.39. The molecule has 0 aliphatic carbocycles. The van der Waals surface area contributed by atoms with E-state index >= 15 is 0 Å². The van der Waals surface area contributed by atoms with Gasteiger partial charge in [0.25, 0.3) is 0 Å². The molecule has 0 aliphatic rings. The fourth-order valence-corrected chi connectivity index (χ4v) is 2.39. The second kappa shape index (κ2) is 19.4. The van der Waals surface area contributed by atoms with E-state index in [2.05, 4.69) is 25.2 Å². The third-order valence-electron chi connectivity index (χ3n) is 3.95. The van der Waals surface area contributed by atoms with E-state index in [4.69, 9.17) is 0 Å². The molecule has 4 nitrogen and oxygen atoms in total. The zero-order valence-electron chi connectivity index (χ0n) is 16.2. The zero-order valence-corrected chi connectivity index (χ0v) is 16.2. The predicted octanol–water partition coefficient (Wildman–Crippen LogP) is 6.63. The summed E-state index contributed by atoms with van der Waals surface area (Å²) in [6, 6.07) is 0. The Hall–Kier alpha value is -1.97. The monoisotopic (exact) mass is 360 g/mol. The van der Waals surface area contributed by atoms with Crippen molar-refractivity contribution in [3.63, 3.8) is 0 Å². The molecule has 0 atom stereocenters. The first-order valence-electron chi connectivity index (χ1n) is 9.85. The number of allylic oxidation sites excluding steroid dienone is 7. The quantitative estimate of drug-likeness (QED) is 0.127. The summed E-state index contributed by atoms with van der Waals surface area (Å²) in [4.78, 5) is 20.8. The predicted molar refractivity (Wildman–Crippen MR) is 109 cm³/mol. The molecule has 0 aromatic carbocycles. The van der Waals surface area contributed by atoms with Gasteiger partial charge in [0.05, 0.1) is 11.3 Å². The molecule has 0 aromatic heterocycles. The summed E-state index contributed by atoms with van der Waals surface area (Å²) in [6.07, 6.45) is 26.8. The van der Waals surface area contributed by atoms with Crippen LogP contribution >= 0.6 is 0 Å². The van der Waals surface area contributed by atoms with Gasteiger partial charge in [-0.25, -0.2) is 0 Å². The molecule has 0 bridgehead atoms. The molecule has 0 saturated heterocycles. The van der Waals surface area contributed by atoms with E-state index in [1.807, 2.05) is 24.5 Å². The highest BCUT2D eigenvalue weighted by Crippen LogP contribution is 2.08. The Morgan fingerprint density at radius 3 is 2.19 bits per heavy atom. The van der Waals surface area contributed by atoms with Crippen LogP contribution in [-0.2, 0) is 4.79 Å². The Morgan fingerprint density at radius 2 is 1.54 bits per heavy atom. The van der Waals surface area contributed by atoms with Crippen LogP contribution in [0.5, 0.6) is 0 Å². The van der Waals surface area contributed by atoms with E-state index in [0.29, 0.717) is 19.3 Å². The first-order chi connectivity index (χ1) is 12.7. The molecular weight excluding hydrogens is 326 g/mol. The van der Waals surface area contributed by atoms with Crippen molar-refractivity contribution in [1.82, 2.24) is 0 Å². The number of hydrogen-bond acceptors (Lipinski definition) is 3. The Kier molecular flexibility index (Phi) is 17.9. The number of rotatable bonds is 17. The Morgan fingerprint density at radius 1 is 0.885 bits per heavy atom. The highest BCUT2D eigenvalue weighted by molar-refractivity contribution is 5.50. The Labute approximate surface area is 158 Å². The van der Waals surface area contributed by atoms with Crippen LogP contribution in [0, 0.1) is 10.1 Å². The molecule has 1 radical (unpaired) electrons. The van der Waals surface area contributed by atoms with Crippen LogP contribution in [-0.4, -0.2) is 11.2 Å². The minimum atomic E-state index is -0.297. The third-order valence-corrected chi connectivity index (χ3v) is 3.95. The van der Waals surface area contributed by atoms with Gasteiger partial charge in [0.1, 0.15) is 0 Å².